The first-order valence-electron chi connectivity index (χ1n) is 2.83. The average molecular weight is 180 g/mol. The molecule has 0 unspecified atom stereocenters. The molecule has 0 bridgehead atoms. The zero-order valence-corrected chi connectivity index (χ0v) is 7.62. The van der Waals surface area contributed by atoms with E-state index in [1.165, 1.54) is 0 Å². The summed E-state index contributed by atoms with van der Waals surface area (Å²) in [6, 6.07) is 0. The lowest BCUT2D eigenvalue weighted by Crippen LogP contribution is -1.96. The standard InChI is InChI=1S/C5H9N3S.ClH/c1-3-4-6-5(9)7-8(4)2;/h3H2,1-2H3,(H,7,9);1H. The van der Waals surface area contributed by atoms with Gasteiger partial charge < -0.3 is 0 Å². The largest absolute Gasteiger partial charge is 0.252 e. The summed E-state index contributed by atoms with van der Waals surface area (Å²) in [5.74, 6) is 0.972. The summed E-state index contributed by atoms with van der Waals surface area (Å²) in [6.45, 7) is 2.04. The number of hydrogen-bond donors (Lipinski definition) is 1. The molecule has 1 aromatic rings. The minimum atomic E-state index is 0. The molecule has 0 radical (unpaired) electrons. The Kier molecular flexibility index (Phi) is 3.75. The van der Waals surface area contributed by atoms with Crippen LogP contribution < -0.4 is 0 Å². The van der Waals surface area contributed by atoms with Crippen molar-refractivity contribution < 1.29 is 0 Å². The highest BCUT2D eigenvalue weighted by atomic mass is 35.5. The minimum absolute atomic E-state index is 0. The highest BCUT2D eigenvalue weighted by Gasteiger charge is 1.98. The maximum atomic E-state index is 4.04. The smallest absolute Gasteiger partial charge is 0.205 e. The van der Waals surface area contributed by atoms with E-state index in [1.807, 2.05) is 14.0 Å². The molecule has 0 aliphatic heterocycles. The highest BCUT2D eigenvalue weighted by molar-refractivity contribution is 7.80. The van der Waals surface area contributed by atoms with Crippen LogP contribution in [0, 0.1) is 0 Å². The molecule has 0 amide bonds. The van der Waals surface area contributed by atoms with Crippen LogP contribution in [-0.2, 0) is 13.5 Å². The van der Waals surface area contributed by atoms with Crippen molar-refractivity contribution >= 4 is 25.0 Å². The first-order chi connectivity index (χ1) is 4.24. The van der Waals surface area contributed by atoms with Crippen LogP contribution in [0.1, 0.15) is 12.7 Å². The van der Waals surface area contributed by atoms with Crippen molar-refractivity contribution in [2.75, 3.05) is 0 Å². The number of rotatable bonds is 1. The predicted molar refractivity (Wildman–Crippen MR) is 44.9 cm³/mol. The number of aromatic nitrogens is 3. The lowest BCUT2D eigenvalue weighted by molar-refractivity contribution is 0.697. The summed E-state index contributed by atoms with van der Waals surface area (Å²) in [6.07, 6.45) is 0.907. The maximum absolute atomic E-state index is 4.04. The van der Waals surface area contributed by atoms with E-state index in [2.05, 4.69) is 22.7 Å². The molecule has 58 valence electrons. The number of thiol groups is 1. The Bertz CT molecular complexity index is 211. The molecule has 0 aromatic carbocycles. The van der Waals surface area contributed by atoms with E-state index in [9.17, 15) is 0 Å². The second-order valence-corrected chi connectivity index (χ2v) is 2.21. The lowest BCUT2D eigenvalue weighted by Gasteiger charge is -1.90. The molecule has 10 heavy (non-hydrogen) atoms. The van der Waals surface area contributed by atoms with Gasteiger partial charge in [0.1, 0.15) is 5.82 Å². The summed E-state index contributed by atoms with van der Waals surface area (Å²) in [5.41, 5.74) is 0. The molecule has 0 fully saturated rings. The van der Waals surface area contributed by atoms with Crippen LogP contribution in [0.15, 0.2) is 5.16 Å². The van der Waals surface area contributed by atoms with Crippen LogP contribution >= 0.6 is 25.0 Å². The highest BCUT2D eigenvalue weighted by Crippen LogP contribution is 1.99. The number of hydrogen-bond acceptors (Lipinski definition) is 3. The molecule has 0 spiro atoms. The van der Waals surface area contributed by atoms with Gasteiger partial charge in [-0.05, 0) is 0 Å². The molecule has 0 aliphatic carbocycles. The normalized spacial score (nSPS) is 9.10. The van der Waals surface area contributed by atoms with Gasteiger partial charge in [0.2, 0.25) is 5.16 Å². The summed E-state index contributed by atoms with van der Waals surface area (Å²) < 4.78 is 1.74. The number of nitrogens with zero attached hydrogens (tertiary/aromatic N) is 3. The van der Waals surface area contributed by atoms with Gasteiger partial charge in [-0.1, -0.05) is 6.92 Å². The third-order valence-electron chi connectivity index (χ3n) is 1.16. The number of halogens is 1. The maximum Gasteiger partial charge on any atom is 0.205 e. The quantitative estimate of drug-likeness (QED) is 0.655. The fourth-order valence-electron chi connectivity index (χ4n) is 0.710. The van der Waals surface area contributed by atoms with Gasteiger partial charge in [0.15, 0.2) is 0 Å². The molecular weight excluding hydrogens is 170 g/mol. The second-order valence-electron chi connectivity index (χ2n) is 1.81. The molecule has 0 N–H and O–H groups in total. The van der Waals surface area contributed by atoms with Gasteiger partial charge in [0, 0.05) is 13.5 Å². The summed E-state index contributed by atoms with van der Waals surface area (Å²) in [5, 5.41) is 4.50. The summed E-state index contributed by atoms with van der Waals surface area (Å²) >= 11 is 3.99. The van der Waals surface area contributed by atoms with Crippen molar-refractivity contribution in [3.63, 3.8) is 0 Å². The molecule has 0 saturated carbocycles. The van der Waals surface area contributed by atoms with Gasteiger partial charge >= 0.3 is 0 Å². The van der Waals surface area contributed by atoms with E-state index in [1.54, 1.807) is 4.68 Å². The van der Waals surface area contributed by atoms with E-state index in [4.69, 9.17) is 0 Å². The number of aryl methyl sites for hydroxylation is 2. The van der Waals surface area contributed by atoms with Crippen LogP contribution in [-0.4, -0.2) is 14.8 Å². The van der Waals surface area contributed by atoms with Crippen molar-refractivity contribution in [2.45, 2.75) is 18.5 Å². The van der Waals surface area contributed by atoms with E-state index in [-0.39, 0.29) is 12.4 Å². The molecule has 3 nitrogen and oxygen atoms in total. The van der Waals surface area contributed by atoms with Gasteiger partial charge in [0.25, 0.3) is 0 Å². The predicted octanol–water partition coefficient (Wildman–Crippen LogP) is 1.09. The first kappa shape index (κ1) is 9.78. The van der Waals surface area contributed by atoms with Gasteiger partial charge in [0.05, 0.1) is 0 Å². The minimum Gasteiger partial charge on any atom is -0.252 e. The Morgan fingerprint density at radius 1 is 1.60 bits per heavy atom. The fourth-order valence-corrected chi connectivity index (χ4v) is 0.960. The summed E-state index contributed by atoms with van der Waals surface area (Å²) in [4.78, 5) is 4.04. The van der Waals surface area contributed by atoms with Gasteiger partial charge in [-0.2, -0.15) is 0 Å². The molecule has 1 heterocycles. The Morgan fingerprint density at radius 3 is 2.40 bits per heavy atom. The van der Waals surface area contributed by atoms with Crippen LogP contribution in [0.4, 0.5) is 0 Å². The molecule has 1 rings (SSSR count). The van der Waals surface area contributed by atoms with Crippen molar-refractivity contribution in [1.82, 2.24) is 14.8 Å². The Balaban J connectivity index is 0.000000810. The Labute approximate surface area is 71.7 Å². The third-order valence-corrected chi connectivity index (χ3v) is 1.35. The van der Waals surface area contributed by atoms with E-state index >= 15 is 0 Å². The van der Waals surface area contributed by atoms with Crippen molar-refractivity contribution in [3.05, 3.63) is 5.82 Å². The molecule has 0 saturated heterocycles. The van der Waals surface area contributed by atoms with E-state index in [0.717, 1.165) is 12.2 Å². The van der Waals surface area contributed by atoms with Crippen LogP contribution in [0.5, 0.6) is 0 Å². The van der Waals surface area contributed by atoms with Gasteiger partial charge in [-0.3, -0.25) is 4.68 Å². The Morgan fingerprint density at radius 2 is 2.20 bits per heavy atom. The third kappa shape index (κ3) is 1.88. The van der Waals surface area contributed by atoms with Crippen LogP contribution in [0.2, 0.25) is 0 Å². The van der Waals surface area contributed by atoms with Crippen molar-refractivity contribution in [3.8, 4) is 0 Å². The van der Waals surface area contributed by atoms with Crippen molar-refractivity contribution in [1.29, 1.82) is 0 Å². The molecule has 0 atom stereocenters. The Hall–Kier alpha value is -0.220. The monoisotopic (exact) mass is 179 g/mol. The van der Waals surface area contributed by atoms with Gasteiger partial charge in [-0.25, -0.2) is 4.98 Å². The van der Waals surface area contributed by atoms with E-state index in [0.29, 0.717) is 5.16 Å². The lowest BCUT2D eigenvalue weighted by atomic mass is 10.5. The molecular formula is C5H10ClN3S. The fraction of sp³-hybridized carbons (Fsp3) is 0.600. The van der Waals surface area contributed by atoms with E-state index < -0.39 is 0 Å². The molecule has 1 aromatic heterocycles. The zero-order chi connectivity index (χ0) is 6.85. The zero-order valence-electron chi connectivity index (χ0n) is 5.90. The topological polar surface area (TPSA) is 30.7 Å². The second kappa shape index (κ2) is 3.83. The van der Waals surface area contributed by atoms with Gasteiger partial charge in [-0.15, -0.1) is 30.1 Å². The summed E-state index contributed by atoms with van der Waals surface area (Å²) in [7, 11) is 1.87. The SMILES string of the molecule is CCc1nc(S)nn1C.Cl. The van der Waals surface area contributed by atoms with Crippen LogP contribution in [0.3, 0.4) is 0 Å². The van der Waals surface area contributed by atoms with Crippen molar-refractivity contribution in [2.24, 2.45) is 7.05 Å². The van der Waals surface area contributed by atoms with Crippen LogP contribution in [0.25, 0.3) is 0 Å². The first-order valence-corrected chi connectivity index (χ1v) is 3.27. The molecule has 5 heteroatoms. The molecule has 0 aliphatic rings. The average Bonchev–Trinajstić information content (AvgIpc) is 2.10.